The number of unbranched alkanes of at least 4 members (excludes halogenated alkanes) is 7. The van der Waals surface area contributed by atoms with Crippen molar-refractivity contribution >= 4 is 41.1 Å². The van der Waals surface area contributed by atoms with Gasteiger partial charge in [-0.05, 0) is 68.9 Å². The number of halogens is 5. The zero-order valence-corrected chi connectivity index (χ0v) is 45.3. The van der Waals surface area contributed by atoms with Gasteiger partial charge in [0.05, 0.1) is 36.4 Å². The average molecular weight is 1120 g/mol. The van der Waals surface area contributed by atoms with Gasteiger partial charge in [0.25, 0.3) is 17.7 Å². The van der Waals surface area contributed by atoms with Crippen LogP contribution >= 0.6 is 0 Å². The molecule has 3 fully saturated rings. The number of primary amides is 1. The van der Waals surface area contributed by atoms with Crippen molar-refractivity contribution in [1.29, 1.82) is 0 Å². The Balaban J connectivity index is 0.746. The van der Waals surface area contributed by atoms with Gasteiger partial charge in [0.2, 0.25) is 23.5 Å². The van der Waals surface area contributed by atoms with Gasteiger partial charge in [0, 0.05) is 101 Å². The second-order valence-electron chi connectivity index (χ2n) is 20.8. The third-order valence-corrected chi connectivity index (χ3v) is 15.5. The fraction of sp³-hybridized carbons (Fsp3) is 0.554. The molecule has 3 aliphatic rings. The van der Waals surface area contributed by atoms with Gasteiger partial charge in [-0.3, -0.25) is 43.4 Å². The molecule has 434 valence electrons. The Morgan fingerprint density at radius 1 is 0.875 bits per heavy atom. The maximum atomic E-state index is 15.5. The monoisotopic (exact) mass is 1120 g/mol. The Kier molecular flexibility index (Phi) is 21.1. The summed E-state index contributed by atoms with van der Waals surface area (Å²) in [4.78, 5) is 88.1. The maximum absolute atomic E-state index is 15.5. The molecule has 80 heavy (non-hydrogen) atoms. The van der Waals surface area contributed by atoms with Gasteiger partial charge in [-0.1, -0.05) is 57.6 Å². The number of hydrogen-bond acceptors (Lipinski definition) is 12. The summed E-state index contributed by atoms with van der Waals surface area (Å²) in [6, 6.07) is 7.60. The molecule has 7 rings (SSSR count). The molecule has 0 radical (unpaired) electrons. The van der Waals surface area contributed by atoms with E-state index in [1.54, 1.807) is 35.2 Å². The summed E-state index contributed by atoms with van der Waals surface area (Å²) >= 11 is 0. The number of ether oxygens (including phenoxy) is 3. The number of benzene rings is 1. The minimum atomic E-state index is -4.99. The normalized spacial score (nSPS) is 21.4. The summed E-state index contributed by atoms with van der Waals surface area (Å²) in [6.07, 6.45) is 11.3. The minimum absolute atomic E-state index is 0.0227. The summed E-state index contributed by atoms with van der Waals surface area (Å²) in [7, 11) is 1.73. The topological polar surface area (TPSA) is 242 Å². The number of rotatable bonds is 27. The molecule has 0 aliphatic carbocycles. The highest BCUT2D eigenvalue weighted by molar-refractivity contribution is 5.97. The highest BCUT2D eigenvalue weighted by Crippen LogP contribution is 2.55. The Morgan fingerprint density at radius 3 is 2.29 bits per heavy atom. The van der Waals surface area contributed by atoms with Gasteiger partial charge in [0.1, 0.15) is 18.4 Å². The number of piperidine rings is 1. The molecule has 0 bridgehead atoms. The standard InChI is InChI=1S/C56H71F5N10O9/c1-35-46(50(80-55(35,2)56(59,60)61)54(77)68-38-18-24-64-43(30-38)51(62)74)40-16-17-42(57)47(58)49(40)79-29-28-78-27-13-23-65-52(75)37-33-67-71(34-37)39-19-25-70(26-20-39)44(72)15-10-8-6-4-5-7-9-11-22-66-53(76)41-31-45(73)69(3)48(41)36-14-12-21-63-32-36/h12,14,16-18,21,24,30,32-35,39,41,46,48,50H,4-11,13,15,19-20,22-23,25-29,31H2,1-3H3,(H2,62,74)(H,65,75)(H,66,76)(H,64,68,77)/t35-,41-,46-,48+,50+,55+/m0/s1. The smallest absolute Gasteiger partial charge is 0.417 e. The predicted octanol–water partition coefficient (Wildman–Crippen LogP) is 7.35. The molecule has 4 aromatic rings. The summed E-state index contributed by atoms with van der Waals surface area (Å²) < 4.78 is 92.1. The van der Waals surface area contributed by atoms with Crippen LogP contribution in [0, 0.1) is 23.5 Å². The third-order valence-electron chi connectivity index (χ3n) is 15.5. The number of aromatic nitrogens is 4. The molecule has 0 unspecified atom stereocenters. The Morgan fingerprint density at radius 2 is 1.59 bits per heavy atom. The molecule has 5 N–H and O–H groups in total. The fourth-order valence-electron chi connectivity index (χ4n) is 10.7. The van der Waals surface area contributed by atoms with E-state index in [0.717, 1.165) is 88.2 Å². The second-order valence-corrected chi connectivity index (χ2v) is 20.8. The van der Waals surface area contributed by atoms with E-state index in [9.17, 15) is 46.3 Å². The molecule has 3 aromatic heterocycles. The van der Waals surface area contributed by atoms with Gasteiger partial charge in [0.15, 0.2) is 17.2 Å². The van der Waals surface area contributed by atoms with Gasteiger partial charge in [-0.25, -0.2) is 4.39 Å². The molecule has 3 saturated heterocycles. The molecule has 6 atom stereocenters. The van der Waals surface area contributed by atoms with Crippen molar-refractivity contribution in [3.05, 3.63) is 101 Å². The molecule has 0 saturated carbocycles. The number of alkyl halides is 3. The lowest BCUT2D eigenvalue weighted by atomic mass is 9.77. The molecule has 6 heterocycles. The first-order valence-electron chi connectivity index (χ1n) is 27.3. The van der Waals surface area contributed by atoms with Crippen LogP contribution in [0.5, 0.6) is 5.75 Å². The van der Waals surface area contributed by atoms with Crippen LogP contribution in [0.25, 0.3) is 0 Å². The van der Waals surface area contributed by atoms with Crippen molar-refractivity contribution in [3.63, 3.8) is 0 Å². The van der Waals surface area contributed by atoms with Gasteiger partial charge in [-0.15, -0.1) is 0 Å². The van der Waals surface area contributed by atoms with E-state index in [2.05, 4.69) is 31.0 Å². The van der Waals surface area contributed by atoms with Crippen LogP contribution in [0.4, 0.5) is 27.6 Å². The van der Waals surface area contributed by atoms with Crippen LogP contribution < -0.4 is 26.4 Å². The van der Waals surface area contributed by atoms with Crippen molar-refractivity contribution < 1.29 is 64.9 Å². The molecule has 24 heteroatoms. The number of carbonyl (C=O) groups excluding carboxylic acids is 6. The first-order chi connectivity index (χ1) is 38.3. The van der Waals surface area contributed by atoms with Crippen LogP contribution in [-0.4, -0.2) is 136 Å². The van der Waals surface area contributed by atoms with E-state index in [1.165, 1.54) is 19.2 Å². The number of carbonyl (C=O) groups is 6. The fourth-order valence-corrected chi connectivity index (χ4v) is 10.7. The molecular weight excluding hydrogens is 1050 g/mol. The quantitative estimate of drug-likeness (QED) is 0.0338. The lowest BCUT2D eigenvalue weighted by molar-refractivity contribution is -0.272. The lowest BCUT2D eigenvalue weighted by Gasteiger charge is -2.32. The molecule has 1 aromatic carbocycles. The summed E-state index contributed by atoms with van der Waals surface area (Å²) in [6.45, 7) is 3.56. The largest absolute Gasteiger partial charge is 0.488 e. The Hall–Kier alpha value is -7.08. The lowest BCUT2D eigenvalue weighted by Crippen LogP contribution is -2.47. The zero-order chi connectivity index (χ0) is 57.6. The molecule has 3 aliphatic heterocycles. The van der Waals surface area contributed by atoms with E-state index >= 15 is 4.39 Å². The average Bonchev–Trinajstić information content (AvgIpc) is 4.34. The van der Waals surface area contributed by atoms with Crippen molar-refractivity contribution in [1.82, 2.24) is 40.2 Å². The van der Waals surface area contributed by atoms with E-state index in [-0.39, 0.29) is 85.4 Å². The van der Waals surface area contributed by atoms with Crippen molar-refractivity contribution in [2.24, 2.45) is 17.6 Å². The van der Waals surface area contributed by atoms with E-state index in [1.807, 2.05) is 17.0 Å². The zero-order valence-electron chi connectivity index (χ0n) is 45.3. The predicted molar refractivity (Wildman–Crippen MR) is 282 cm³/mol. The van der Waals surface area contributed by atoms with Crippen LogP contribution in [-0.2, 0) is 28.7 Å². The molecule has 0 spiro atoms. The second kappa shape index (κ2) is 27.9. The highest BCUT2D eigenvalue weighted by Gasteiger charge is 2.66. The number of pyridine rings is 2. The Labute approximate surface area is 461 Å². The van der Waals surface area contributed by atoms with E-state index < -0.39 is 64.8 Å². The maximum Gasteiger partial charge on any atom is 0.417 e. The van der Waals surface area contributed by atoms with E-state index in [4.69, 9.17) is 19.9 Å². The number of nitrogens with zero attached hydrogens (tertiary/aromatic N) is 6. The minimum Gasteiger partial charge on any atom is -0.488 e. The van der Waals surface area contributed by atoms with Gasteiger partial charge < -0.3 is 45.7 Å². The number of amides is 6. The number of anilines is 1. The number of nitrogens with two attached hydrogens (primary N) is 1. The van der Waals surface area contributed by atoms with Crippen LogP contribution in [0.2, 0.25) is 0 Å². The van der Waals surface area contributed by atoms with E-state index in [0.29, 0.717) is 50.9 Å². The Bertz CT molecular complexity index is 2780. The number of likely N-dealkylation sites (tertiary alicyclic amines) is 2. The third kappa shape index (κ3) is 15.0. The van der Waals surface area contributed by atoms with Crippen molar-refractivity contribution in [2.45, 2.75) is 133 Å². The molecular formula is C56H71F5N10O9. The van der Waals surface area contributed by atoms with Crippen LogP contribution in [0.3, 0.4) is 0 Å². The molecule has 19 nitrogen and oxygen atoms in total. The van der Waals surface area contributed by atoms with Gasteiger partial charge >= 0.3 is 6.18 Å². The summed E-state index contributed by atoms with van der Waals surface area (Å²) in [5.74, 6) is -9.31. The van der Waals surface area contributed by atoms with Gasteiger partial charge in [-0.2, -0.15) is 22.7 Å². The van der Waals surface area contributed by atoms with Crippen molar-refractivity contribution in [3.8, 4) is 5.75 Å². The highest BCUT2D eigenvalue weighted by atomic mass is 19.4. The number of nitrogens with one attached hydrogen (secondary N) is 3. The number of hydrogen-bond donors (Lipinski definition) is 4. The van der Waals surface area contributed by atoms with Crippen LogP contribution in [0.1, 0.15) is 147 Å². The first-order valence-corrected chi connectivity index (χ1v) is 27.3. The first kappa shape index (κ1) is 60.6. The summed E-state index contributed by atoms with van der Waals surface area (Å²) in [5, 5.41) is 12.7. The molecule has 6 amide bonds. The SMILES string of the molecule is C[C@H]1[C@@H](c2ccc(F)c(F)c2OCCOCCCNC(=O)c2cnn(C3CCN(C(=O)CCCCCCCCCCNC(=O)[C@H]4CC(=O)N(C)[C@@H]4c4cccnc4)CC3)c2)[C@H](C(=O)Nc2ccnc(C(N)=O)c2)O[C@@]1(C)C(F)(F)F. The van der Waals surface area contributed by atoms with Crippen molar-refractivity contribution in [2.75, 3.05) is 58.4 Å². The van der Waals surface area contributed by atoms with Crippen LogP contribution in [0.15, 0.2) is 67.4 Å². The summed E-state index contributed by atoms with van der Waals surface area (Å²) in [5.41, 5.74) is 3.10.